The Morgan fingerprint density at radius 2 is 2.18 bits per heavy atom. The van der Waals surface area contributed by atoms with E-state index in [1.54, 1.807) is 13.3 Å². The molecule has 5 rings (SSSR count). The molecule has 2 N–H and O–H groups in total. The molecule has 2 aromatic rings. The number of ether oxygens (including phenoxy) is 1. The lowest BCUT2D eigenvalue weighted by Crippen LogP contribution is -2.54. The van der Waals surface area contributed by atoms with Crippen LogP contribution in [0.3, 0.4) is 0 Å². The van der Waals surface area contributed by atoms with Crippen molar-refractivity contribution >= 4 is 16.9 Å². The molecule has 3 fully saturated rings. The van der Waals surface area contributed by atoms with E-state index in [0.29, 0.717) is 11.8 Å². The molecule has 0 aliphatic carbocycles. The summed E-state index contributed by atoms with van der Waals surface area (Å²) in [5.41, 5.74) is 1.85. The van der Waals surface area contributed by atoms with Gasteiger partial charge in [0, 0.05) is 31.1 Å². The van der Waals surface area contributed by atoms with E-state index in [2.05, 4.69) is 22.5 Å². The number of carboxylic acid groups (broad SMARTS) is 1. The van der Waals surface area contributed by atoms with Crippen LogP contribution in [0.25, 0.3) is 10.9 Å². The maximum atomic E-state index is 11.2. The molecule has 4 heterocycles. The molecule has 0 spiro atoms. The van der Waals surface area contributed by atoms with Gasteiger partial charge in [-0.15, -0.1) is 6.58 Å². The third-order valence-electron chi connectivity index (χ3n) is 5.82. The lowest BCUT2D eigenvalue weighted by Gasteiger charge is -2.50. The van der Waals surface area contributed by atoms with Crippen LogP contribution in [0.2, 0.25) is 0 Å². The van der Waals surface area contributed by atoms with Gasteiger partial charge in [-0.1, -0.05) is 6.08 Å². The molecule has 28 heavy (non-hydrogen) atoms. The number of carbonyl (C=O) groups is 1. The van der Waals surface area contributed by atoms with Crippen LogP contribution in [0.1, 0.15) is 31.4 Å². The van der Waals surface area contributed by atoms with Gasteiger partial charge in [0.2, 0.25) is 0 Å². The van der Waals surface area contributed by atoms with Crippen LogP contribution in [-0.2, 0) is 4.79 Å². The smallest absolute Gasteiger partial charge is 0.300 e. The molecule has 1 aromatic carbocycles. The minimum atomic E-state index is -0.833. The summed E-state index contributed by atoms with van der Waals surface area (Å²) in [6.07, 6.45) is 5.62. The van der Waals surface area contributed by atoms with Crippen molar-refractivity contribution in [1.82, 2.24) is 9.88 Å². The van der Waals surface area contributed by atoms with Crippen LogP contribution in [0, 0.1) is 11.8 Å². The highest BCUT2D eigenvalue weighted by Crippen LogP contribution is 2.42. The van der Waals surface area contributed by atoms with Gasteiger partial charge in [0.15, 0.2) is 0 Å². The number of aliphatic hydroxyl groups is 1. The Labute approximate surface area is 165 Å². The third-order valence-corrected chi connectivity index (χ3v) is 5.82. The third kappa shape index (κ3) is 4.18. The SMILES string of the molecule is C=C[C@H]1C[N@]2CC[C@H]1C[C@H]2[C@H](O)c1ccnc2ccc(OC)cc12.CC(=O)O. The van der Waals surface area contributed by atoms with E-state index in [9.17, 15) is 5.11 Å². The summed E-state index contributed by atoms with van der Waals surface area (Å²) >= 11 is 0. The van der Waals surface area contributed by atoms with Crippen molar-refractivity contribution in [3.63, 3.8) is 0 Å². The fourth-order valence-corrected chi connectivity index (χ4v) is 4.44. The molecule has 0 unspecified atom stereocenters. The number of pyridine rings is 1. The van der Waals surface area contributed by atoms with E-state index in [4.69, 9.17) is 14.6 Å². The Hall–Kier alpha value is -2.44. The molecular weight excluding hydrogens is 356 g/mol. The van der Waals surface area contributed by atoms with Gasteiger partial charge < -0.3 is 14.9 Å². The van der Waals surface area contributed by atoms with E-state index in [1.807, 2.05) is 24.3 Å². The fourth-order valence-electron chi connectivity index (χ4n) is 4.44. The Morgan fingerprint density at radius 1 is 1.43 bits per heavy atom. The maximum Gasteiger partial charge on any atom is 0.300 e. The summed E-state index contributed by atoms with van der Waals surface area (Å²) in [6.45, 7) is 7.15. The van der Waals surface area contributed by atoms with Gasteiger partial charge in [-0.3, -0.25) is 14.7 Å². The van der Waals surface area contributed by atoms with Crippen molar-refractivity contribution in [3.8, 4) is 5.75 Å². The molecule has 150 valence electrons. The molecule has 6 heteroatoms. The van der Waals surface area contributed by atoms with E-state index >= 15 is 0 Å². The number of nitrogens with zero attached hydrogens (tertiary/aromatic N) is 2. The lowest BCUT2D eigenvalue weighted by atomic mass is 9.73. The van der Waals surface area contributed by atoms with Crippen LogP contribution < -0.4 is 4.74 Å². The predicted molar refractivity (Wildman–Crippen MR) is 108 cm³/mol. The minimum Gasteiger partial charge on any atom is -0.497 e. The minimum absolute atomic E-state index is 0.178. The highest BCUT2D eigenvalue weighted by molar-refractivity contribution is 5.83. The normalized spacial score (nSPS) is 26.8. The fraction of sp³-hybridized carbons (Fsp3) is 0.455. The van der Waals surface area contributed by atoms with Crippen molar-refractivity contribution < 1.29 is 19.7 Å². The molecule has 5 atom stereocenters. The number of carboxylic acids is 1. The van der Waals surface area contributed by atoms with Crippen LogP contribution in [-0.4, -0.2) is 52.3 Å². The quantitative estimate of drug-likeness (QED) is 0.788. The number of aliphatic carboxylic acids is 1. The van der Waals surface area contributed by atoms with E-state index in [0.717, 1.165) is 48.6 Å². The number of methoxy groups -OCH3 is 1. The summed E-state index contributed by atoms with van der Waals surface area (Å²) in [4.78, 5) is 15.9. The monoisotopic (exact) mass is 384 g/mol. The molecular formula is C22H28N2O4. The molecule has 3 aliphatic rings. The number of benzene rings is 1. The number of aliphatic hydroxyl groups excluding tert-OH is 1. The molecule has 2 bridgehead atoms. The summed E-state index contributed by atoms with van der Waals surface area (Å²) < 4.78 is 5.35. The average Bonchev–Trinajstić information content (AvgIpc) is 2.72. The first-order chi connectivity index (χ1) is 13.4. The number of hydrogen-bond donors (Lipinski definition) is 2. The standard InChI is InChI=1S/C20H24N2O2.C2H4O2/c1-3-13-12-22-9-7-14(13)10-19(22)20(23)16-6-8-21-18-5-4-15(24-2)11-17(16)18;1-2(3)4/h3-6,8,11,13-14,19-20,23H,1,7,9-10,12H2,2H3;1H3,(H,3,4)/t13-,14-,19-,20+;/m0./s1. The first-order valence-electron chi connectivity index (χ1n) is 9.61. The first-order valence-corrected chi connectivity index (χ1v) is 9.61. The number of fused-ring (bicyclic) bond motifs is 4. The Bertz CT molecular complexity index is 850. The molecule has 1 aromatic heterocycles. The number of rotatable bonds is 4. The summed E-state index contributed by atoms with van der Waals surface area (Å²) in [7, 11) is 1.66. The van der Waals surface area contributed by atoms with Crippen molar-refractivity contribution in [2.45, 2.75) is 31.9 Å². The van der Waals surface area contributed by atoms with Crippen molar-refractivity contribution in [1.29, 1.82) is 0 Å². The largest absolute Gasteiger partial charge is 0.497 e. The highest BCUT2D eigenvalue weighted by atomic mass is 16.5. The zero-order chi connectivity index (χ0) is 20.3. The Balaban J connectivity index is 0.000000516. The second-order valence-electron chi connectivity index (χ2n) is 7.49. The summed E-state index contributed by atoms with van der Waals surface area (Å²) in [5, 5.41) is 19.5. The summed E-state index contributed by atoms with van der Waals surface area (Å²) in [6, 6.07) is 7.96. The molecule has 3 saturated heterocycles. The van der Waals surface area contributed by atoms with Gasteiger partial charge >= 0.3 is 0 Å². The zero-order valence-corrected chi connectivity index (χ0v) is 16.4. The van der Waals surface area contributed by atoms with Crippen LogP contribution >= 0.6 is 0 Å². The van der Waals surface area contributed by atoms with Gasteiger partial charge in [0.05, 0.1) is 18.7 Å². The van der Waals surface area contributed by atoms with Crippen LogP contribution in [0.5, 0.6) is 5.75 Å². The second kappa shape index (κ2) is 8.71. The number of aromatic nitrogens is 1. The Morgan fingerprint density at radius 3 is 2.79 bits per heavy atom. The van der Waals surface area contributed by atoms with Gasteiger partial charge in [0.25, 0.3) is 5.97 Å². The molecule has 6 nitrogen and oxygen atoms in total. The van der Waals surface area contributed by atoms with Crippen LogP contribution in [0.15, 0.2) is 43.1 Å². The predicted octanol–water partition coefficient (Wildman–Crippen LogP) is 3.26. The van der Waals surface area contributed by atoms with E-state index in [1.165, 1.54) is 6.42 Å². The zero-order valence-electron chi connectivity index (χ0n) is 16.4. The second-order valence-corrected chi connectivity index (χ2v) is 7.49. The first kappa shape index (κ1) is 20.3. The van der Waals surface area contributed by atoms with Crippen molar-refractivity contribution in [2.75, 3.05) is 20.2 Å². The highest BCUT2D eigenvalue weighted by Gasteiger charge is 2.42. The molecule has 0 amide bonds. The summed E-state index contributed by atoms with van der Waals surface area (Å²) in [5.74, 6) is 1.17. The van der Waals surface area contributed by atoms with Crippen LogP contribution in [0.4, 0.5) is 0 Å². The van der Waals surface area contributed by atoms with Gasteiger partial charge in [-0.05, 0) is 61.1 Å². The molecule has 3 aliphatic heterocycles. The van der Waals surface area contributed by atoms with E-state index in [-0.39, 0.29) is 6.04 Å². The van der Waals surface area contributed by atoms with Crippen molar-refractivity contribution in [2.24, 2.45) is 11.8 Å². The van der Waals surface area contributed by atoms with Gasteiger partial charge in [-0.25, -0.2) is 0 Å². The molecule has 0 radical (unpaired) electrons. The number of hydrogen-bond acceptors (Lipinski definition) is 5. The van der Waals surface area contributed by atoms with E-state index < -0.39 is 12.1 Å². The van der Waals surface area contributed by atoms with Gasteiger partial charge in [-0.2, -0.15) is 0 Å². The Kier molecular flexibility index (Phi) is 6.31. The van der Waals surface area contributed by atoms with Gasteiger partial charge in [0.1, 0.15) is 5.75 Å². The lowest BCUT2D eigenvalue weighted by molar-refractivity contribution is -0.134. The number of piperidine rings is 3. The topological polar surface area (TPSA) is 82.9 Å². The maximum absolute atomic E-state index is 11.2. The molecule has 0 saturated carbocycles. The van der Waals surface area contributed by atoms with Crippen molar-refractivity contribution in [3.05, 3.63) is 48.7 Å². The average molecular weight is 384 g/mol.